The zero-order chi connectivity index (χ0) is 11.8. The van der Waals surface area contributed by atoms with Crippen LogP contribution in [0.25, 0.3) is 0 Å². The highest BCUT2D eigenvalue weighted by Crippen LogP contribution is 1.99. The van der Waals surface area contributed by atoms with Crippen LogP contribution in [0.5, 0.6) is 0 Å². The molecule has 0 amide bonds. The van der Waals surface area contributed by atoms with Crippen LogP contribution < -0.4 is 10.6 Å². The fourth-order valence-electron chi connectivity index (χ4n) is 1.15. The fraction of sp³-hybridized carbons (Fsp3) is 0.417. The fourth-order valence-corrected chi connectivity index (χ4v) is 1.15. The summed E-state index contributed by atoms with van der Waals surface area (Å²) in [6.45, 7) is 14.3. The number of hydrogen-bond acceptors (Lipinski definition) is 3. The molecule has 0 fully saturated rings. The Morgan fingerprint density at radius 2 is 1.87 bits per heavy atom. The minimum absolute atomic E-state index is 0.654. The predicted octanol–water partition coefficient (Wildman–Crippen LogP) is 2.21. The summed E-state index contributed by atoms with van der Waals surface area (Å²) in [6, 6.07) is 0. The van der Waals surface area contributed by atoms with Crippen molar-refractivity contribution >= 4 is 5.71 Å². The van der Waals surface area contributed by atoms with Gasteiger partial charge in [0.2, 0.25) is 0 Å². The lowest BCUT2D eigenvalue weighted by atomic mass is 10.2. The average Bonchev–Trinajstić information content (AvgIpc) is 2.00. The molecule has 0 aliphatic rings. The third-order valence-corrected chi connectivity index (χ3v) is 1.52. The molecule has 0 unspecified atom stereocenters. The van der Waals surface area contributed by atoms with Gasteiger partial charge >= 0.3 is 0 Å². The van der Waals surface area contributed by atoms with Crippen LogP contribution in [0.2, 0.25) is 0 Å². The number of aliphatic imine (C=N–C) groups is 1. The van der Waals surface area contributed by atoms with E-state index in [4.69, 9.17) is 0 Å². The van der Waals surface area contributed by atoms with Crippen LogP contribution in [0, 0.1) is 0 Å². The van der Waals surface area contributed by atoms with Crippen molar-refractivity contribution in [2.75, 3.05) is 13.6 Å². The lowest BCUT2D eigenvalue weighted by Gasteiger charge is -2.07. The highest BCUT2D eigenvalue weighted by atomic mass is 15.0. The minimum atomic E-state index is 0.654. The molecule has 0 saturated heterocycles. The molecule has 0 aliphatic heterocycles. The van der Waals surface area contributed by atoms with Gasteiger partial charge in [-0.3, -0.25) is 0 Å². The molecule has 0 bridgehead atoms. The van der Waals surface area contributed by atoms with Crippen molar-refractivity contribution in [1.82, 2.24) is 10.6 Å². The monoisotopic (exact) mass is 207 g/mol. The van der Waals surface area contributed by atoms with Crippen molar-refractivity contribution in [2.45, 2.75) is 20.8 Å². The summed E-state index contributed by atoms with van der Waals surface area (Å²) >= 11 is 0. The van der Waals surface area contributed by atoms with Crippen LogP contribution in [0.4, 0.5) is 0 Å². The maximum Gasteiger partial charge on any atom is 0.122 e. The molecule has 2 N–H and O–H groups in total. The molecule has 0 saturated carbocycles. The predicted molar refractivity (Wildman–Crippen MR) is 67.9 cm³/mol. The second-order valence-electron chi connectivity index (χ2n) is 3.65. The van der Waals surface area contributed by atoms with E-state index in [1.807, 2.05) is 33.9 Å². The van der Waals surface area contributed by atoms with Gasteiger partial charge < -0.3 is 10.6 Å². The van der Waals surface area contributed by atoms with Crippen LogP contribution in [-0.2, 0) is 0 Å². The number of nitrogens with zero attached hydrogens (tertiary/aromatic N) is 1. The normalized spacial score (nSPS) is 10.8. The van der Waals surface area contributed by atoms with Crippen LogP contribution >= 0.6 is 0 Å². The molecule has 0 rings (SSSR count). The first-order valence-corrected chi connectivity index (χ1v) is 4.94. The molecule has 0 aromatic rings. The van der Waals surface area contributed by atoms with Gasteiger partial charge in [0.1, 0.15) is 5.82 Å². The van der Waals surface area contributed by atoms with Gasteiger partial charge in [0.25, 0.3) is 0 Å². The summed E-state index contributed by atoms with van der Waals surface area (Å²) in [5.41, 5.74) is 2.99. The molecule has 0 spiro atoms. The Hall–Kier alpha value is -1.35. The largest absolute Gasteiger partial charge is 0.345 e. The summed E-state index contributed by atoms with van der Waals surface area (Å²) in [4.78, 5) is 4.20. The molecule has 84 valence electrons. The van der Waals surface area contributed by atoms with E-state index >= 15 is 0 Å². The molecular formula is C12H21N3. The van der Waals surface area contributed by atoms with Crippen molar-refractivity contribution in [3.05, 3.63) is 36.3 Å². The Morgan fingerprint density at radius 1 is 1.27 bits per heavy atom. The molecule has 0 aromatic carbocycles. The third kappa shape index (κ3) is 7.70. The zero-order valence-corrected chi connectivity index (χ0v) is 10.1. The maximum absolute atomic E-state index is 4.20. The second-order valence-corrected chi connectivity index (χ2v) is 3.65. The standard InChI is InChI=1S/C12H21N3/c1-9(2)14-12(5)15-11(4)7-10(3)8-13-6/h7,13,15H,3,5,8H2,1-2,4,6H3/b11-7+. The Bertz CT molecular complexity index is 294. The van der Waals surface area contributed by atoms with Crippen LogP contribution in [-0.4, -0.2) is 19.3 Å². The zero-order valence-electron chi connectivity index (χ0n) is 10.1. The van der Waals surface area contributed by atoms with E-state index in [1.165, 1.54) is 0 Å². The number of hydrogen-bond donors (Lipinski definition) is 2. The number of rotatable bonds is 6. The number of likely N-dealkylation sites (N-methyl/N-ethyl adjacent to an activating group) is 1. The van der Waals surface area contributed by atoms with Crippen molar-refractivity contribution in [2.24, 2.45) is 4.99 Å². The molecule has 0 atom stereocenters. The van der Waals surface area contributed by atoms with Gasteiger partial charge in [0.15, 0.2) is 0 Å². The molecule has 15 heavy (non-hydrogen) atoms. The van der Waals surface area contributed by atoms with E-state index in [2.05, 4.69) is 28.8 Å². The Morgan fingerprint density at radius 3 is 2.33 bits per heavy atom. The topological polar surface area (TPSA) is 36.4 Å². The van der Waals surface area contributed by atoms with Crippen LogP contribution in [0.15, 0.2) is 41.3 Å². The molecular weight excluding hydrogens is 186 g/mol. The Balaban J connectivity index is 4.24. The van der Waals surface area contributed by atoms with Crippen LogP contribution in [0.3, 0.4) is 0 Å². The van der Waals surface area contributed by atoms with Crippen LogP contribution in [0.1, 0.15) is 20.8 Å². The first-order valence-electron chi connectivity index (χ1n) is 4.94. The lowest BCUT2D eigenvalue weighted by Crippen LogP contribution is -2.12. The molecule has 0 radical (unpaired) electrons. The molecule has 0 heterocycles. The van der Waals surface area contributed by atoms with Gasteiger partial charge in [-0.1, -0.05) is 13.2 Å². The van der Waals surface area contributed by atoms with Gasteiger partial charge in [-0.25, -0.2) is 4.99 Å². The quantitative estimate of drug-likeness (QED) is 0.517. The van der Waals surface area contributed by atoms with Crippen molar-refractivity contribution in [1.29, 1.82) is 0 Å². The summed E-state index contributed by atoms with van der Waals surface area (Å²) in [6.07, 6.45) is 1.97. The van der Waals surface area contributed by atoms with Gasteiger partial charge in [-0.15, -0.1) is 0 Å². The number of nitrogens with one attached hydrogen (secondary N) is 2. The van der Waals surface area contributed by atoms with E-state index in [9.17, 15) is 0 Å². The highest BCUT2D eigenvalue weighted by Gasteiger charge is 1.93. The average molecular weight is 207 g/mol. The summed E-state index contributed by atoms with van der Waals surface area (Å²) < 4.78 is 0. The summed E-state index contributed by atoms with van der Waals surface area (Å²) in [7, 11) is 1.89. The highest BCUT2D eigenvalue weighted by molar-refractivity contribution is 5.80. The number of allylic oxidation sites excluding steroid dienone is 1. The Kier molecular flexibility index (Phi) is 6.38. The maximum atomic E-state index is 4.20. The summed E-state index contributed by atoms with van der Waals surface area (Å²) in [5.74, 6) is 0.654. The first kappa shape index (κ1) is 13.7. The molecule has 3 nitrogen and oxygen atoms in total. The van der Waals surface area contributed by atoms with E-state index in [1.54, 1.807) is 0 Å². The summed E-state index contributed by atoms with van der Waals surface area (Å²) in [5, 5.41) is 6.13. The lowest BCUT2D eigenvalue weighted by molar-refractivity contribution is 0.887. The third-order valence-electron chi connectivity index (χ3n) is 1.52. The van der Waals surface area contributed by atoms with Gasteiger partial charge in [0, 0.05) is 18.0 Å². The van der Waals surface area contributed by atoms with E-state index < -0.39 is 0 Å². The molecule has 0 aromatic heterocycles. The SMILES string of the molecule is C=C(/C=C(\C)NC(=C)N=C(C)C)CNC. The minimum Gasteiger partial charge on any atom is -0.345 e. The second kappa shape index (κ2) is 7.01. The van der Waals surface area contributed by atoms with Gasteiger partial charge in [-0.2, -0.15) is 0 Å². The van der Waals surface area contributed by atoms with E-state index in [0.29, 0.717) is 5.82 Å². The van der Waals surface area contributed by atoms with E-state index in [-0.39, 0.29) is 0 Å². The van der Waals surface area contributed by atoms with Gasteiger partial charge in [0.05, 0.1) is 0 Å². The van der Waals surface area contributed by atoms with Crippen molar-refractivity contribution in [3.8, 4) is 0 Å². The van der Waals surface area contributed by atoms with Crippen molar-refractivity contribution in [3.63, 3.8) is 0 Å². The first-order chi connectivity index (χ1) is 6.95. The van der Waals surface area contributed by atoms with E-state index in [0.717, 1.165) is 23.5 Å². The van der Waals surface area contributed by atoms with Gasteiger partial charge in [-0.05, 0) is 39.5 Å². The smallest absolute Gasteiger partial charge is 0.122 e. The Labute approximate surface area is 92.7 Å². The molecule has 0 aliphatic carbocycles. The van der Waals surface area contributed by atoms with Crippen molar-refractivity contribution < 1.29 is 0 Å². The molecule has 3 heteroatoms.